The Bertz CT molecular complexity index is 838. The summed E-state index contributed by atoms with van der Waals surface area (Å²) in [6.07, 6.45) is 8.34. The SMILES string of the molecule is CCc1csc([C@H]2CCCN(C(=O)c3cn4cccnc4n3)C2)n1. The average molecular weight is 341 g/mol. The van der Waals surface area contributed by atoms with Crippen LogP contribution in [0.2, 0.25) is 0 Å². The van der Waals surface area contributed by atoms with Gasteiger partial charge in [0.1, 0.15) is 5.69 Å². The lowest BCUT2D eigenvalue weighted by Gasteiger charge is -2.31. The number of aromatic nitrogens is 4. The molecule has 124 valence electrons. The molecule has 3 aromatic heterocycles. The van der Waals surface area contributed by atoms with E-state index >= 15 is 0 Å². The highest BCUT2D eigenvalue weighted by Gasteiger charge is 2.28. The maximum absolute atomic E-state index is 12.8. The predicted octanol–water partition coefficient (Wildman–Crippen LogP) is 2.77. The first-order chi connectivity index (χ1) is 11.7. The number of nitrogens with zero attached hydrogens (tertiary/aromatic N) is 5. The van der Waals surface area contributed by atoms with Crippen LogP contribution in [0.5, 0.6) is 0 Å². The second-order valence-electron chi connectivity index (χ2n) is 6.07. The first-order valence-electron chi connectivity index (χ1n) is 8.28. The zero-order valence-electron chi connectivity index (χ0n) is 13.6. The smallest absolute Gasteiger partial charge is 0.274 e. The van der Waals surface area contributed by atoms with Gasteiger partial charge in [-0.1, -0.05) is 6.92 Å². The van der Waals surface area contributed by atoms with Crippen molar-refractivity contribution in [1.29, 1.82) is 0 Å². The van der Waals surface area contributed by atoms with Crippen LogP contribution in [0.4, 0.5) is 0 Å². The number of hydrogen-bond acceptors (Lipinski definition) is 5. The summed E-state index contributed by atoms with van der Waals surface area (Å²) in [4.78, 5) is 28.0. The molecule has 1 saturated heterocycles. The number of likely N-dealkylation sites (tertiary alicyclic amines) is 1. The molecule has 0 aromatic carbocycles. The van der Waals surface area contributed by atoms with E-state index in [0.29, 0.717) is 17.4 Å². The summed E-state index contributed by atoms with van der Waals surface area (Å²) in [5, 5.41) is 3.28. The molecule has 0 unspecified atom stereocenters. The minimum absolute atomic E-state index is 0.0162. The normalized spacial score (nSPS) is 18.2. The molecule has 0 aliphatic carbocycles. The molecule has 1 aliphatic rings. The van der Waals surface area contributed by atoms with E-state index in [4.69, 9.17) is 4.98 Å². The summed E-state index contributed by atoms with van der Waals surface area (Å²) in [6, 6.07) is 1.83. The largest absolute Gasteiger partial charge is 0.337 e. The van der Waals surface area contributed by atoms with E-state index in [1.54, 1.807) is 28.1 Å². The van der Waals surface area contributed by atoms with E-state index in [-0.39, 0.29) is 5.91 Å². The minimum Gasteiger partial charge on any atom is -0.337 e. The van der Waals surface area contributed by atoms with Crippen LogP contribution in [0.25, 0.3) is 5.78 Å². The summed E-state index contributed by atoms with van der Waals surface area (Å²) < 4.78 is 1.78. The van der Waals surface area contributed by atoms with Gasteiger partial charge in [0.2, 0.25) is 5.78 Å². The summed E-state index contributed by atoms with van der Waals surface area (Å²) >= 11 is 1.72. The molecule has 0 saturated carbocycles. The molecule has 1 atom stereocenters. The van der Waals surface area contributed by atoms with Gasteiger partial charge in [-0.15, -0.1) is 11.3 Å². The third-order valence-electron chi connectivity index (χ3n) is 4.44. The molecular formula is C17H19N5OS. The lowest BCUT2D eigenvalue weighted by Crippen LogP contribution is -2.39. The molecule has 0 bridgehead atoms. The quantitative estimate of drug-likeness (QED) is 0.735. The molecule has 3 aromatic rings. The van der Waals surface area contributed by atoms with E-state index in [9.17, 15) is 4.79 Å². The van der Waals surface area contributed by atoms with Gasteiger partial charge in [0.15, 0.2) is 0 Å². The van der Waals surface area contributed by atoms with Crippen molar-refractivity contribution in [3.63, 3.8) is 0 Å². The van der Waals surface area contributed by atoms with Crippen molar-refractivity contribution < 1.29 is 4.79 Å². The van der Waals surface area contributed by atoms with Gasteiger partial charge >= 0.3 is 0 Å². The number of carbonyl (C=O) groups excluding carboxylic acids is 1. The number of thiazole rings is 1. The third kappa shape index (κ3) is 2.80. The molecule has 7 heteroatoms. The molecule has 6 nitrogen and oxygen atoms in total. The Labute approximate surface area is 144 Å². The number of aryl methyl sites for hydroxylation is 1. The van der Waals surface area contributed by atoms with Gasteiger partial charge in [-0.25, -0.2) is 15.0 Å². The maximum Gasteiger partial charge on any atom is 0.274 e. The van der Waals surface area contributed by atoms with Crippen LogP contribution in [0.15, 0.2) is 30.0 Å². The molecule has 0 spiro atoms. The molecule has 24 heavy (non-hydrogen) atoms. The standard InChI is InChI=1S/C17H19N5OS/c1-2-13-11-24-15(19-13)12-5-3-7-21(9-12)16(23)14-10-22-8-4-6-18-17(22)20-14/h4,6,8,10-12H,2-3,5,7,9H2,1H3/t12-/m0/s1. The van der Waals surface area contributed by atoms with Gasteiger partial charge in [0.25, 0.3) is 5.91 Å². The van der Waals surface area contributed by atoms with Crippen molar-refractivity contribution in [1.82, 2.24) is 24.3 Å². The van der Waals surface area contributed by atoms with Crippen molar-refractivity contribution in [2.45, 2.75) is 32.1 Å². The van der Waals surface area contributed by atoms with Crippen molar-refractivity contribution in [2.24, 2.45) is 0 Å². The van der Waals surface area contributed by atoms with Crippen LogP contribution in [-0.2, 0) is 6.42 Å². The number of piperidine rings is 1. The summed E-state index contributed by atoms with van der Waals surface area (Å²) in [7, 11) is 0. The molecule has 4 rings (SSSR count). The van der Waals surface area contributed by atoms with E-state index < -0.39 is 0 Å². The molecule has 0 radical (unpaired) electrons. The second-order valence-corrected chi connectivity index (χ2v) is 6.96. The molecule has 0 N–H and O–H groups in total. The highest BCUT2D eigenvalue weighted by atomic mass is 32.1. The van der Waals surface area contributed by atoms with E-state index in [1.807, 2.05) is 17.2 Å². The summed E-state index contributed by atoms with van der Waals surface area (Å²) in [5.74, 6) is 0.877. The first kappa shape index (κ1) is 15.3. The fourth-order valence-electron chi connectivity index (χ4n) is 3.13. The van der Waals surface area contributed by atoms with Crippen molar-refractivity contribution in [2.75, 3.05) is 13.1 Å². The van der Waals surface area contributed by atoms with Crippen molar-refractivity contribution in [3.8, 4) is 0 Å². The van der Waals surface area contributed by atoms with Crippen LogP contribution >= 0.6 is 11.3 Å². The maximum atomic E-state index is 12.8. The fraction of sp³-hybridized carbons (Fsp3) is 0.412. The molecular weight excluding hydrogens is 322 g/mol. The lowest BCUT2D eigenvalue weighted by atomic mass is 9.98. The van der Waals surface area contributed by atoms with E-state index in [2.05, 4.69) is 22.3 Å². The number of fused-ring (bicyclic) bond motifs is 1. The molecule has 4 heterocycles. The van der Waals surface area contributed by atoms with E-state index in [1.165, 1.54) is 0 Å². The molecule has 1 fully saturated rings. The fourth-order valence-corrected chi connectivity index (χ4v) is 4.16. The van der Waals surface area contributed by atoms with Crippen LogP contribution in [0.1, 0.15) is 46.9 Å². The van der Waals surface area contributed by atoms with Crippen molar-refractivity contribution in [3.05, 3.63) is 46.4 Å². The zero-order valence-corrected chi connectivity index (χ0v) is 14.4. The number of amides is 1. The third-order valence-corrected chi connectivity index (χ3v) is 5.50. The Hall–Kier alpha value is -2.28. The van der Waals surface area contributed by atoms with Gasteiger partial charge in [-0.2, -0.15) is 0 Å². The molecule has 1 amide bonds. The van der Waals surface area contributed by atoms with E-state index in [0.717, 1.165) is 43.1 Å². The highest BCUT2D eigenvalue weighted by molar-refractivity contribution is 7.09. The van der Waals surface area contributed by atoms with Gasteiger partial charge in [0.05, 0.1) is 10.7 Å². The van der Waals surface area contributed by atoms with Crippen molar-refractivity contribution >= 4 is 23.0 Å². The number of imidazole rings is 1. The second kappa shape index (κ2) is 6.32. The van der Waals surface area contributed by atoms with Crippen LogP contribution < -0.4 is 0 Å². The van der Waals surface area contributed by atoms with Gasteiger partial charge in [0, 0.05) is 43.0 Å². The predicted molar refractivity (Wildman–Crippen MR) is 92.4 cm³/mol. The van der Waals surface area contributed by atoms with Crippen LogP contribution in [0, 0.1) is 0 Å². The Morgan fingerprint density at radius 1 is 1.42 bits per heavy atom. The number of rotatable bonds is 3. The van der Waals surface area contributed by atoms with Gasteiger partial charge in [-0.05, 0) is 25.3 Å². The minimum atomic E-state index is -0.0162. The Kier molecular flexibility index (Phi) is 4.02. The number of carbonyl (C=O) groups is 1. The first-order valence-corrected chi connectivity index (χ1v) is 9.16. The Balaban J connectivity index is 1.53. The Morgan fingerprint density at radius 3 is 3.12 bits per heavy atom. The highest BCUT2D eigenvalue weighted by Crippen LogP contribution is 2.30. The zero-order chi connectivity index (χ0) is 16.5. The van der Waals surface area contributed by atoms with Crippen LogP contribution in [0.3, 0.4) is 0 Å². The average Bonchev–Trinajstić information content (AvgIpc) is 3.27. The Morgan fingerprint density at radius 2 is 2.33 bits per heavy atom. The summed E-state index contributed by atoms with van der Waals surface area (Å²) in [5.41, 5.74) is 1.60. The number of hydrogen-bond donors (Lipinski definition) is 0. The van der Waals surface area contributed by atoms with Gasteiger partial charge in [-0.3, -0.25) is 9.20 Å². The monoisotopic (exact) mass is 341 g/mol. The topological polar surface area (TPSA) is 63.4 Å². The van der Waals surface area contributed by atoms with Crippen LogP contribution in [-0.4, -0.2) is 43.2 Å². The molecule has 1 aliphatic heterocycles. The summed E-state index contributed by atoms with van der Waals surface area (Å²) in [6.45, 7) is 3.62. The van der Waals surface area contributed by atoms with Gasteiger partial charge < -0.3 is 4.90 Å². The lowest BCUT2D eigenvalue weighted by molar-refractivity contribution is 0.0701.